The molecule has 1 aromatic heterocycles. The first-order valence-electron chi connectivity index (χ1n) is 6.56. The molecule has 0 amide bonds. The Balaban J connectivity index is 2.12. The number of nitrogens with two attached hydrogens (primary N) is 1. The molecule has 5 heteroatoms. The summed E-state index contributed by atoms with van der Waals surface area (Å²) in [4.78, 5) is 0.420. The van der Waals surface area contributed by atoms with Crippen molar-refractivity contribution < 1.29 is 0 Å². The number of nitrogens with one attached hydrogen (secondary N) is 1. The van der Waals surface area contributed by atoms with Crippen molar-refractivity contribution in [1.82, 2.24) is 9.78 Å². The first-order valence-corrected chi connectivity index (χ1v) is 6.97. The van der Waals surface area contributed by atoms with Crippen molar-refractivity contribution in [3.63, 3.8) is 0 Å². The highest BCUT2D eigenvalue weighted by Gasteiger charge is 2.41. The molecule has 3 N–H and O–H groups in total. The molecule has 0 aliphatic heterocycles. The summed E-state index contributed by atoms with van der Waals surface area (Å²) in [7, 11) is 1.93. The molecular formula is C13H22N4S. The van der Waals surface area contributed by atoms with Crippen molar-refractivity contribution in [2.75, 3.05) is 11.9 Å². The first kappa shape index (κ1) is 13.3. The maximum atomic E-state index is 5.78. The van der Waals surface area contributed by atoms with E-state index in [2.05, 4.69) is 17.3 Å². The van der Waals surface area contributed by atoms with Crippen LogP contribution in [0.2, 0.25) is 0 Å². The van der Waals surface area contributed by atoms with Crippen LogP contribution in [0.1, 0.15) is 43.9 Å². The third-order valence-electron chi connectivity index (χ3n) is 3.84. The van der Waals surface area contributed by atoms with E-state index in [1.165, 1.54) is 25.7 Å². The number of hydrogen-bond acceptors (Lipinski definition) is 3. The summed E-state index contributed by atoms with van der Waals surface area (Å²) in [5, 5.41) is 7.89. The van der Waals surface area contributed by atoms with E-state index in [0.29, 0.717) is 10.4 Å². The van der Waals surface area contributed by atoms with Gasteiger partial charge in [0.25, 0.3) is 0 Å². The van der Waals surface area contributed by atoms with E-state index >= 15 is 0 Å². The smallest absolute Gasteiger partial charge is 0.134 e. The Kier molecular flexibility index (Phi) is 3.61. The molecule has 1 saturated carbocycles. The summed E-state index contributed by atoms with van der Waals surface area (Å²) >= 11 is 5.11. The Hall–Kier alpha value is -1.10. The van der Waals surface area contributed by atoms with E-state index in [1.54, 1.807) is 0 Å². The number of thiocarbonyl (C=S) groups is 1. The highest BCUT2D eigenvalue weighted by Crippen LogP contribution is 2.49. The zero-order valence-corrected chi connectivity index (χ0v) is 12.2. The van der Waals surface area contributed by atoms with Gasteiger partial charge in [-0.25, -0.2) is 0 Å². The van der Waals surface area contributed by atoms with E-state index in [-0.39, 0.29) is 0 Å². The van der Waals surface area contributed by atoms with Crippen LogP contribution in [0.3, 0.4) is 0 Å². The predicted molar refractivity (Wildman–Crippen MR) is 78.9 cm³/mol. The van der Waals surface area contributed by atoms with Crippen molar-refractivity contribution in [3.05, 3.63) is 11.3 Å². The molecule has 0 saturated heterocycles. The molecule has 2 rings (SSSR count). The summed E-state index contributed by atoms with van der Waals surface area (Å²) in [5.74, 6) is 0.961. The SMILES string of the molecule is CCCC1(CNc2c(C(N)=S)c(C)nn2C)CC1. The second-order valence-corrected chi connectivity index (χ2v) is 5.84. The van der Waals surface area contributed by atoms with E-state index < -0.39 is 0 Å². The minimum atomic E-state index is 0.420. The zero-order valence-electron chi connectivity index (χ0n) is 11.4. The van der Waals surface area contributed by atoms with Crippen molar-refractivity contribution in [1.29, 1.82) is 0 Å². The molecule has 0 unspecified atom stereocenters. The molecular weight excluding hydrogens is 244 g/mol. The van der Waals surface area contributed by atoms with Gasteiger partial charge in [0.05, 0.1) is 11.3 Å². The minimum absolute atomic E-state index is 0.420. The fourth-order valence-electron chi connectivity index (χ4n) is 2.65. The maximum Gasteiger partial charge on any atom is 0.134 e. The minimum Gasteiger partial charge on any atom is -0.389 e. The van der Waals surface area contributed by atoms with Crippen LogP contribution >= 0.6 is 12.2 Å². The van der Waals surface area contributed by atoms with E-state index in [1.807, 2.05) is 18.7 Å². The highest BCUT2D eigenvalue weighted by atomic mass is 32.1. The second-order valence-electron chi connectivity index (χ2n) is 5.40. The molecule has 1 aromatic rings. The van der Waals surface area contributed by atoms with Crippen molar-refractivity contribution in [2.24, 2.45) is 18.2 Å². The van der Waals surface area contributed by atoms with Gasteiger partial charge in [0.2, 0.25) is 0 Å². The van der Waals surface area contributed by atoms with Crippen molar-refractivity contribution in [2.45, 2.75) is 39.5 Å². The number of aryl methyl sites for hydroxylation is 2. The summed E-state index contributed by atoms with van der Waals surface area (Å²) in [6.07, 6.45) is 5.19. The van der Waals surface area contributed by atoms with Gasteiger partial charge in [0.15, 0.2) is 0 Å². The largest absolute Gasteiger partial charge is 0.389 e. The van der Waals surface area contributed by atoms with Crippen LogP contribution in [0.5, 0.6) is 0 Å². The van der Waals surface area contributed by atoms with Gasteiger partial charge in [-0.3, -0.25) is 4.68 Å². The van der Waals surface area contributed by atoms with E-state index in [9.17, 15) is 0 Å². The average Bonchev–Trinajstić information content (AvgIpc) is 2.97. The predicted octanol–water partition coefficient (Wildman–Crippen LogP) is 2.35. The van der Waals surface area contributed by atoms with Gasteiger partial charge in [0, 0.05) is 13.6 Å². The van der Waals surface area contributed by atoms with Gasteiger partial charge in [-0.15, -0.1) is 0 Å². The lowest BCUT2D eigenvalue weighted by Crippen LogP contribution is -2.20. The Morgan fingerprint density at radius 1 is 1.56 bits per heavy atom. The third-order valence-corrected chi connectivity index (χ3v) is 4.04. The number of aromatic nitrogens is 2. The van der Waals surface area contributed by atoms with Crippen LogP contribution in [0.15, 0.2) is 0 Å². The molecule has 1 aliphatic carbocycles. The van der Waals surface area contributed by atoms with Crippen LogP contribution < -0.4 is 11.1 Å². The van der Waals surface area contributed by atoms with Gasteiger partial charge in [-0.1, -0.05) is 25.6 Å². The third kappa shape index (κ3) is 2.51. The molecule has 100 valence electrons. The lowest BCUT2D eigenvalue weighted by atomic mass is 10.0. The number of nitrogens with zero attached hydrogens (tertiary/aromatic N) is 2. The Bertz CT molecular complexity index is 460. The van der Waals surface area contributed by atoms with Crippen LogP contribution in [-0.4, -0.2) is 21.3 Å². The maximum absolute atomic E-state index is 5.78. The van der Waals surface area contributed by atoms with E-state index in [4.69, 9.17) is 18.0 Å². The van der Waals surface area contributed by atoms with Crippen molar-refractivity contribution in [3.8, 4) is 0 Å². The van der Waals surface area contributed by atoms with Crippen molar-refractivity contribution >= 4 is 23.0 Å². The van der Waals surface area contributed by atoms with Crippen LogP contribution in [0.25, 0.3) is 0 Å². The normalized spacial score (nSPS) is 16.6. The van der Waals surface area contributed by atoms with Crippen LogP contribution in [-0.2, 0) is 7.05 Å². The number of hydrogen-bond donors (Lipinski definition) is 2. The average molecular weight is 266 g/mol. The number of rotatable bonds is 6. The summed E-state index contributed by atoms with van der Waals surface area (Å²) in [5.41, 5.74) is 8.07. The summed E-state index contributed by atoms with van der Waals surface area (Å²) in [6, 6.07) is 0. The Labute approximate surface area is 114 Å². The Morgan fingerprint density at radius 2 is 2.22 bits per heavy atom. The van der Waals surface area contributed by atoms with Crippen LogP contribution in [0, 0.1) is 12.3 Å². The van der Waals surface area contributed by atoms with Gasteiger partial charge >= 0.3 is 0 Å². The molecule has 4 nitrogen and oxygen atoms in total. The molecule has 1 heterocycles. The van der Waals surface area contributed by atoms with Gasteiger partial charge < -0.3 is 11.1 Å². The quantitative estimate of drug-likeness (QED) is 0.776. The van der Waals surface area contributed by atoms with Gasteiger partial charge in [-0.05, 0) is 31.6 Å². The monoisotopic (exact) mass is 266 g/mol. The summed E-state index contributed by atoms with van der Waals surface area (Å²) in [6.45, 7) is 5.18. The molecule has 1 fully saturated rings. The molecule has 18 heavy (non-hydrogen) atoms. The second kappa shape index (κ2) is 4.88. The highest BCUT2D eigenvalue weighted by molar-refractivity contribution is 7.80. The molecule has 0 spiro atoms. The van der Waals surface area contributed by atoms with Gasteiger partial charge in [0.1, 0.15) is 10.8 Å². The molecule has 0 atom stereocenters. The molecule has 1 aliphatic rings. The van der Waals surface area contributed by atoms with Gasteiger partial charge in [-0.2, -0.15) is 5.10 Å². The fraction of sp³-hybridized carbons (Fsp3) is 0.692. The van der Waals surface area contributed by atoms with Crippen LogP contribution in [0.4, 0.5) is 5.82 Å². The topological polar surface area (TPSA) is 55.9 Å². The molecule has 0 aromatic carbocycles. The fourth-order valence-corrected chi connectivity index (χ4v) is 2.89. The standard InChI is InChI=1S/C13H22N4S/c1-4-5-13(6-7-13)8-15-12-10(11(14)18)9(2)16-17(12)3/h15H,4-8H2,1-3H3,(H2,14,18). The summed E-state index contributed by atoms with van der Waals surface area (Å²) < 4.78 is 1.84. The lowest BCUT2D eigenvalue weighted by Gasteiger charge is -2.16. The molecule has 0 radical (unpaired) electrons. The van der Waals surface area contributed by atoms with E-state index in [0.717, 1.165) is 23.6 Å². The number of anilines is 1. The zero-order chi connectivity index (χ0) is 13.3. The molecule has 0 bridgehead atoms. The first-order chi connectivity index (χ1) is 8.49. The Morgan fingerprint density at radius 3 is 2.72 bits per heavy atom. The lowest BCUT2D eigenvalue weighted by molar-refractivity contribution is 0.484.